The van der Waals surface area contributed by atoms with Crippen LogP contribution in [-0.4, -0.2) is 18.3 Å². The number of rotatable bonds is 3. The SMILES string of the molecule is Cl.NCC(CO)C1CC1. The average Bonchev–Trinajstić information content (AvgIpc) is 2.53. The Balaban J connectivity index is 0.000000640. The lowest BCUT2D eigenvalue weighted by Crippen LogP contribution is -2.19. The van der Waals surface area contributed by atoms with Gasteiger partial charge >= 0.3 is 0 Å². The molecule has 0 bridgehead atoms. The zero-order valence-electron chi connectivity index (χ0n) is 5.42. The minimum absolute atomic E-state index is 0. The Morgan fingerprint density at radius 2 is 2.11 bits per heavy atom. The minimum atomic E-state index is 0. The summed E-state index contributed by atoms with van der Waals surface area (Å²) in [5, 5.41) is 8.66. The molecule has 0 saturated heterocycles. The van der Waals surface area contributed by atoms with Crippen molar-refractivity contribution >= 4 is 12.4 Å². The third-order valence-electron chi connectivity index (χ3n) is 1.83. The van der Waals surface area contributed by atoms with Gasteiger partial charge in [0.1, 0.15) is 0 Å². The number of hydrogen-bond acceptors (Lipinski definition) is 2. The van der Waals surface area contributed by atoms with Crippen molar-refractivity contribution in [3.05, 3.63) is 0 Å². The van der Waals surface area contributed by atoms with E-state index in [2.05, 4.69) is 0 Å². The molecule has 0 amide bonds. The van der Waals surface area contributed by atoms with Crippen LogP contribution in [0.1, 0.15) is 12.8 Å². The molecule has 3 N–H and O–H groups in total. The summed E-state index contributed by atoms with van der Waals surface area (Å²) in [6.07, 6.45) is 2.56. The standard InChI is InChI=1S/C6H13NO.ClH/c7-3-6(4-8)5-1-2-5;/h5-6,8H,1-4,7H2;1H. The summed E-state index contributed by atoms with van der Waals surface area (Å²) in [7, 11) is 0. The summed E-state index contributed by atoms with van der Waals surface area (Å²) in [5.41, 5.74) is 5.36. The molecule has 0 aromatic rings. The summed E-state index contributed by atoms with van der Waals surface area (Å²) in [5.74, 6) is 1.15. The first-order chi connectivity index (χ1) is 3.88. The smallest absolute Gasteiger partial charge is 0.0473 e. The maximum absolute atomic E-state index is 8.66. The maximum atomic E-state index is 8.66. The molecule has 1 unspecified atom stereocenters. The molecule has 9 heavy (non-hydrogen) atoms. The van der Waals surface area contributed by atoms with Crippen molar-refractivity contribution in [1.29, 1.82) is 0 Å². The van der Waals surface area contributed by atoms with Gasteiger partial charge in [0.2, 0.25) is 0 Å². The second kappa shape index (κ2) is 4.09. The van der Waals surface area contributed by atoms with Gasteiger partial charge in [-0.2, -0.15) is 0 Å². The molecule has 1 saturated carbocycles. The predicted octanol–water partition coefficient (Wildman–Crippen LogP) is 0.385. The van der Waals surface area contributed by atoms with Crippen molar-refractivity contribution in [2.45, 2.75) is 12.8 Å². The molecular weight excluding hydrogens is 138 g/mol. The normalized spacial score (nSPS) is 20.7. The maximum Gasteiger partial charge on any atom is 0.0473 e. The summed E-state index contributed by atoms with van der Waals surface area (Å²) in [4.78, 5) is 0. The molecule has 0 radical (unpaired) electrons. The molecule has 0 aliphatic heterocycles. The molecule has 0 heterocycles. The third-order valence-corrected chi connectivity index (χ3v) is 1.83. The van der Waals surface area contributed by atoms with E-state index < -0.39 is 0 Å². The Labute approximate surface area is 61.8 Å². The fourth-order valence-electron chi connectivity index (χ4n) is 0.984. The van der Waals surface area contributed by atoms with Crippen molar-refractivity contribution in [1.82, 2.24) is 0 Å². The molecule has 1 fully saturated rings. The third kappa shape index (κ3) is 2.52. The Hall–Kier alpha value is 0.210. The molecular formula is C6H14ClNO. The van der Waals surface area contributed by atoms with Crippen molar-refractivity contribution in [2.75, 3.05) is 13.2 Å². The Morgan fingerprint density at radius 1 is 1.56 bits per heavy atom. The second-order valence-corrected chi connectivity index (χ2v) is 2.52. The first-order valence-electron chi connectivity index (χ1n) is 3.19. The Morgan fingerprint density at radius 3 is 2.22 bits per heavy atom. The highest BCUT2D eigenvalue weighted by Crippen LogP contribution is 2.35. The van der Waals surface area contributed by atoms with Gasteiger partial charge in [-0.3, -0.25) is 0 Å². The second-order valence-electron chi connectivity index (χ2n) is 2.52. The molecule has 56 valence electrons. The lowest BCUT2D eigenvalue weighted by atomic mass is 10.1. The van der Waals surface area contributed by atoms with E-state index >= 15 is 0 Å². The minimum Gasteiger partial charge on any atom is -0.396 e. The first-order valence-corrected chi connectivity index (χ1v) is 3.19. The molecule has 0 aromatic carbocycles. The number of nitrogens with two attached hydrogens (primary N) is 1. The lowest BCUT2D eigenvalue weighted by Gasteiger charge is -2.07. The van der Waals surface area contributed by atoms with Crippen LogP contribution in [0.4, 0.5) is 0 Å². The van der Waals surface area contributed by atoms with Crippen LogP contribution >= 0.6 is 12.4 Å². The fourth-order valence-corrected chi connectivity index (χ4v) is 0.984. The molecule has 1 aliphatic carbocycles. The Bertz CT molecular complexity index is 71.5. The summed E-state index contributed by atoms with van der Waals surface area (Å²) >= 11 is 0. The van der Waals surface area contributed by atoms with Crippen LogP contribution in [0.15, 0.2) is 0 Å². The van der Waals surface area contributed by atoms with Crippen LogP contribution in [0.3, 0.4) is 0 Å². The summed E-state index contributed by atoms with van der Waals surface area (Å²) < 4.78 is 0. The van der Waals surface area contributed by atoms with Gasteiger partial charge in [-0.1, -0.05) is 0 Å². The van der Waals surface area contributed by atoms with Gasteiger partial charge in [-0.25, -0.2) is 0 Å². The predicted molar refractivity (Wildman–Crippen MR) is 39.6 cm³/mol. The van der Waals surface area contributed by atoms with E-state index in [9.17, 15) is 0 Å². The van der Waals surface area contributed by atoms with Gasteiger partial charge in [-0.05, 0) is 31.2 Å². The van der Waals surface area contributed by atoms with Crippen LogP contribution in [0.25, 0.3) is 0 Å². The fraction of sp³-hybridized carbons (Fsp3) is 1.00. The molecule has 0 spiro atoms. The van der Waals surface area contributed by atoms with Crippen molar-refractivity contribution in [2.24, 2.45) is 17.6 Å². The van der Waals surface area contributed by atoms with Gasteiger partial charge in [0.25, 0.3) is 0 Å². The van der Waals surface area contributed by atoms with Crippen LogP contribution < -0.4 is 5.73 Å². The number of aliphatic hydroxyl groups is 1. The van der Waals surface area contributed by atoms with Gasteiger partial charge in [0, 0.05) is 6.61 Å². The van der Waals surface area contributed by atoms with Crippen LogP contribution in [-0.2, 0) is 0 Å². The van der Waals surface area contributed by atoms with E-state index in [4.69, 9.17) is 10.8 Å². The molecule has 3 heteroatoms. The number of hydrogen-bond donors (Lipinski definition) is 2. The van der Waals surface area contributed by atoms with Gasteiger partial charge in [-0.15, -0.1) is 12.4 Å². The molecule has 1 rings (SSSR count). The van der Waals surface area contributed by atoms with E-state index in [1.54, 1.807) is 0 Å². The molecule has 0 aromatic heterocycles. The molecule has 1 atom stereocenters. The van der Waals surface area contributed by atoms with Crippen LogP contribution in [0.2, 0.25) is 0 Å². The highest BCUT2D eigenvalue weighted by molar-refractivity contribution is 5.85. The zero-order valence-corrected chi connectivity index (χ0v) is 6.23. The average molecular weight is 152 g/mol. The van der Waals surface area contributed by atoms with Crippen molar-refractivity contribution in [3.8, 4) is 0 Å². The lowest BCUT2D eigenvalue weighted by molar-refractivity contribution is 0.214. The summed E-state index contributed by atoms with van der Waals surface area (Å²) in [6, 6.07) is 0. The molecule has 2 nitrogen and oxygen atoms in total. The van der Waals surface area contributed by atoms with Crippen LogP contribution in [0.5, 0.6) is 0 Å². The highest BCUT2D eigenvalue weighted by atomic mass is 35.5. The number of aliphatic hydroxyl groups excluding tert-OH is 1. The van der Waals surface area contributed by atoms with Gasteiger partial charge < -0.3 is 10.8 Å². The zero-order chi connectivity index (χ0) is 5.98. The highest BCUT2D eigenvalue weighted by Gasteiger charge is 2.29. The largest absolute Gasteiger partial charge is 0.396 e. The van der Waals surface area contributed by atoms with E-state index in [1.165, 1.54) is 12.8 Å². The van der Waals surface area contributed by atoms with E-state index in [0.717, 1.165) is 5.92 Å². The topological polar surface area (TPSA) is 46.2 Å². The van der Waals surface area contributed by atoms with E-state index in [-0.39, 0.29) is 19.0 Å². The summed E-state index contributed by atoms with van der Waals surface area (Å²) in [6.45, 7) is 0.933. The van der Waals surface area contributed by atoms with E-state index in [1.807, 2.05) is 0 Å². The van der Waals surface area contributed by atoms with Gasteiger partial charge in [0.15, 0.2) is 0 Å². The van der Waals surface area contributed by atoms with Crippen LogP contribution in [0, 0.1) is 11.8 Å². The first kappa shape index (κ1) is 9.21. The number of halogens is 1. The molecule has 1 aliphatic rings. The van der Waals surface area contributed by atoms with Crippen molar-refractivity contribution < 1.29 is 5.11 Å². The van der Waals surface area contributed by atoms with E-state index in [0.29, 0.717) is 12.5 Å². The van der Waals surface area contributed by atoms with Crippen molar-refractivity contribution in [3.63, 3.8) is 0 Å². The quantitative estimate of drug-likeness (QED) is 0.613. The Kier molecular flexibility index (Phi) is 4.19. The van der Waals surface area contributed by atoms with Gasteiger partial charge in [0.05, 0.1) is 0 Å². The monoisotopic (exact) mass is 151 g/mol.